The highest BCUT2D eigenvalue weighted by Crippen LogP contribution is 2.14. The molecule has 1 aromatic heterocycles. The summed E-state index contributed by atoms with van der Waals surface area (Å²) < 4.78 is 5.30. The third kappa shape index (κ3) is 3.58. The molecule has 94 valence electrons. The van der Waals surface area contributed by atoms with Crippen molar-refractivity contribution in [2.24, 2.45) is 0 Å². The lowest BCUT2D eigenvalue weighted by molar-refractivity contribution is 0.0686. The van der Waals surface area contributed by atoms with Gasteiger partial charge in [0.25, 0.3) is 0 Å². The average Bonchev–Trinajstić information content (AvgIpc) is 2.45. The van der Waals surface area contributed by atoms with E-state index in [1.54, 1.807) is 12.1 Å². The van der Waals surface area contributed by atoms with Crippen LogP contribution in [0, 0.1) is 11.8 Å². The highest BCUT2D eigenvalue weighted by molar-refractivity contribution is 5.88. The van der Waals surface area contributed by atoms with E-state index in [4.69, 9.17) is 9.84 Å². The monoisotopic (exact) mass is 253 g/mol. The van der Waals surface area contributed by atoms with Crippen LogP contribution in [0.5, 0.6) is 5.75 Å². The number of benzene rings is 1. The minimum atomic E-state index is -1.12. The zero-order valence-electron chi connectivity index (χ0n) is 10.0. The molecule has 4 heteroatoms. The summed E-state index contributed by atoms with van der Waals surface area (Å²) >= 11 is 0. The zero-order chi connectivity index (χ0) is 13.5. The van der Waals surface area contributed by atoms with Crippen LogP contribution < -0.4 is 4.74 Å². The molecule has 0 radical (unpaired) electrons. The van der Waals surface area contributed by atoms with Crippen molar-refractivity contribution in [3.8, 4) is 17.6 Å². The molecule has 0 aliphatic carbocycles. The maximum absolute atomic E-state index is 10.9. The van der Waals surface area contributed by atoms with E-state index in [2.05, 4.69) is 16.8 Å². The molecule has 2 aromatic rings. The van der Waals surface area contributed by atoms with Crippen LogP contribution in [0.3, 0.4) is 0 Å². The first-order valence-electron chi connectivity index (χ1n) is 5.62. The Balaban J connectivity index is 2.01. The number of aromatic carboxylic acids is 1. The third-order valence-corrected chi connectivity index (χ3v) is 2.28. The van der Waals surface area contributed by atoms with Gasteiger partial charge in [-0.2, -0.15) is 0 Å². The molecule has 4 nitrogen and oxygen atoms in total. The SMILES string of the molecule is O=C(O)c1ncccc1OCC#Cc1ccccc1. The Hall–Kier alpha value is -2.80. The lowest BCUT2D eigenvalue weighted by Gasteiger charge is -2.03. The number of hydrogen-bond donors (Lipinski definition) is 1. The van der Waals surface area contributed by atoms with Gasteiger partial charge in [-0.25, -0.2) is 9.78 Å². The number of carboxylic acid groups (broad SMARTS) is 1. The van der Waals surface area contributed by atoms with Gasteiger partial charge in [-0.05, 0) is 24.3 Å². The molecule has 0 bridgehead atoms. The first-order chi connectivity index (χ1) is 9.27. The number of nitrogens with zero attached hydrogens (tertiary/aromatic N) is 1. The maximum Gasteiger partial charge on any atom is 0.358 e. The number of aromatic nitrogens is 1. The van der Waals surface area contributed by atoms with Gasteiger partial charge in [0.2, 0.25) is 0 Å². The molecule has 0 aliphatic heterocycles. The fourth-order valence-electron chi connectivity index (χ4n) is 1.44. The van der Waals surface area contributed by atoms with Crippen LogP contribution in [0.25, 0.3) is 0 Å². The molecule has 0 saturated heterocycles. The minimum absolute atomic E-state index is 0.107. The molecule has 1 heterocycles. The number of carboxylic acids is 1. The highest BCUT2D eigenvalue weighted by atomic mass is 16.5. The molecular weight excluding hydrogens is 242 g/mol. The van der Waals surface area contributed by atoms with Gasteiger partial charge in [-0.1, -0.05) is 30.0 Å². The predicted molar refractivity (Wildman–Crippen MR) is 70.0 cm³/mol. The number of rotatable bonds is 3. The molecule has 0 fully saturated rings. The van der Waals surface area contributed by atoms with Crippen LogP contribution in [0.2, 0.25) is 0 Å². The summed E-state index contributed by atoms with van der Waals surface area (Å²) in [4.78, 5) is 14.6. The Bertz CT molecular complexity index is 627. The first-order valence-corrected chi connectivity index (χ1v) is 5.62. The number of hydrogen-bond acceptors (Lipinski definition) is 3. The molecule has 0 saturated carbocycles. The van der Waals surface area contributed by atoms with Gasteiger partial charge in [-0.15, -0.1) is 0 Å². The van der Waals surface area contributed by atoms with Gasteiger partial charge in [0, 0.05) is 11.8 Å². The van der Waals surface area contributed by atoms with Gasteiger partial charge in [0.1, 0.15) is 6.61 Å². The summed E-state index contributed by atoms with van der Waals surface area (Å²) in [6.07, 6.45) is 1.41. The Kier molecular flexibility index (Phi) is 4.14. The minimum Gasteiger partial charge on any atom is -0.478 e. The Labute approximate surface area is 110 Å². The number of pyridine rings is 1. The van der Waals surface area contributed by atoms with Crippen LogP contribution in [-0.4, -0.2) is 22.7 Å². The van der Waals surface area contributed by atoms with E-state index in [1.165, 1.54) is 6.20 Å². The largest absolute Gasteiger partial charge is 0.478 e. The van der Waals surface area contributed by atoms with E-state index in [1.807, 2.05) is 30.3 Å². The van der Waals surface area contributed by atoms with E-state index >= 15 is 0 Å². The van der Waals surface area contributed by atoms with E-state index < -0.39 is 5.97 Å². The summed E-state index contributed by atoms with van der Waals surface area (Å²) in [7, 11) is 0. The second-order valence-electron chi connectivity index (χ2n) is 3.61. The summed E-state index contributed by atoms with van der Waals surface area (Å²) in [5, 5.41) is 8.92. The Morgan fingerprint density at radius 2 is 2.00 bits per heavy atom. The molecule has 0 spiro atoms. The van der Waals surface area contributed by atoms with Crippen LogP contribution in [0.15, 0.2) is 48.7 Å². The molecule has 0 atom stereocenters. The standard InChI is InChI=1S/C15H11NO3/c17-15(18)14-13(9-4-10-16-14)19-11-5-8-12-6-2-1-3-7-12/h1-4,6-7,9-10H,11H2,(H,17,18). The second-order valence-corrected chi connectivity index (χ2v) is 3.61. The van der Waals surface area contributed by atoms with Crippen molar-refractivity contribution in [3.05, 3.63) is 59.9 Å². The molecule has 19 heavy (non-hydrogen) atoms. The maximum atomic E-state index is 10.9. The quantitative estimate of drug-likeness (QED) is 0.852. The van der Waals surface area contributed by atoms with Crippen LogP contribution in [-0.2, 0) is 0 Å². The van der Waals surface area contributed by atoms with Gasteiger partial charge in [0.15, 0.2) is 11.4 Å². The Morgan fingerprint density at radius 1 is 1.21 bits per heavy atom. The van der Waals surface area contributed by atoms with E-state index in [0.29, 0.717) is 0 Å². The van der Waals surface area contributed by atoms with Crippen LogP contribution in [0.1, 0.15) is 16.1 Å². The first kappa shape index (κ1) is 12.7. The average molecular weight is 253 g/mol. The molecule has 0 aliphatic rings. The van der Waals surface area contributed by atoms with Crippen molar-refractivity contribution < 1.29 is 14.6 Å². The van der Waals surface area contributed by atoms with E-state index in [-0.39, 0.29) is 18.1 Å². The molecule has 0 amide bonds. The number of carbonyl (C=O) groups is 1. The van der Waals surface area contributed by atoms with Crippen LogP contribution in [0.4, 0.5) is 0 Å². The lowest BCUT2D eigenvalue weighted by atomic mass is 10.2. The van der Waals surface area contributed by atoms with Gasteiger partial charge >= 0.3 is 5.97 Å². The molecule has 1 N–H and O–H groups in total. The highest BCUT2D eigenvalue weighted by Gasteiger charge is 2.11. The predicted octanol–water partition coefficient (Wildman–Crippen LogP) is 2.21. The summed E-state index contributed by atoms with van der Waals surface area (Å²) in [6, 6.07) is 12.7. The van der Waals surface area contributed by atoms with Crippen molar-refractivity contribution in [3.63, 3.8) is 0 Å². The zero-order valence-corrected chi connectivity index (χ0v) is 10.0. The fraction of sp³-hybridized carbons (Fsp3) is 0.0667. The van der Waals surface area contributed by atoms with Crippen molar-refractivity contribution in [2.45, 2.75) is 0 Å². The van der Waals surface area contributed by atoms with Gasteiger partial charge < -0.3 is 9.84 Å². The molecule has 2 rings (SSSR count). The summed E-state index contributed by atoms with van der Waals surface area (Å²) in [5.41, 5.74) is 0.778. The van der Waals surface area contributed by atoms with E-state index in [0.717, 1.165) is 5.56 Å². The lowest BCUT2D eigenvalue weighted by Crippen LogP contribution is -2.05. The van der Waals surface area contributed by atoms with Crippen molar-refractivity contribution in [1.82, 2.24) is 4.98 Å². The number of ether oxygens (including phenoxy) is 1. The second kappa shape index (κ2) is 6.22. The van der Waals surface area contributed by atoms with Gasteiger partial charge in [0.05, 0.1) is 0 Å². The summed E-state index contributed by atoms with van der Waals surface area (Å²) in [5.74, 6) is 4.85. The Morgan fingerprint density at radius 3 is 2.74 bits per heavy atom. The van der Waals surface area contributed by atoms with Crippen molar-refractivity contribution in [2.75, 3.05) is 6.61 Å². The molecule has 0 unspecified atom stereocenters. The van der Waals surface area contributed by atoms with Gasteiger partial charge in [-0.3, -0.25) is 0 Å². The van der Waals surface area contributed by atoms with Crippen molar-refractivity contribution >= 4 is 5.97 Å². The molecule has 1 aromatic carbocycles. The topological polar surface area (TPSA) is 59.4 Å². The van der Waals surface area contributed by atoms with Crippen molar-refractivity contribution in [1.29, 1.82) is 0 Å². The normalized spacial score (nSPS) is 9.26. The fourth-order valence-corrected chi connectivity index (χ4v) is 1.44. The summed E-state index contributed by atoms with van der Waals surface area (Å²) in [6.45, 7) is 0.112. The third-order valence-electron chi connectivity index (χ3n) is 2.28. The van der Waals surface area contributed by atoms with E-state index in [9.17, 15) is 4.79 Å². The molecular formula is C15H11NO3. The van der Waals surface area contributed by atoms with Crippen LogP contribution >= 0.6 is 0 Å². The smallest absolute Gasteiger partial charge is 0.358 e.